The second-order valence-electron chi connectivity index (χ2n) is 4.68. The summed E-state index contributed by atoms with van der Waals surface area (Å²) in [6.07, 6.45) is -0.843. The van der Waals surface area contributed by atoms with Crippen LogP contribution in [0.5, 0.6) is 0 Å². The maximum Gasteiger partial charge on any atom is 0.0958 e. The molecule has 0 saturated carbocycles. The smallest absolute Gasteiger partial charge is 0.0958 e. The number of aliphatic hydroxyl groups is 2. The molecule has 0 radical (unpaired) electrons. The maximum absolute atomic E-state index is 9.73. The van der Waals surface area contributed by atoms with Crippen LogP contribution in [0.2, 0.25) is 0 Å². The topological polar surface area (TPSA) is 52.9 Å². The van der Waals surface area contributed by atoms with Gasteiger partial charge in [0.15, 0.2) is 0 Å². The van der Waals surface area contributed by atoms with Crippen molar-refractivity contribution in [2.24, 2.45) is 5.41 Å². The minimum Gasteiger partial charge on any atom is -0.391 e. The summed E-state index contributed by atoms with van der Waals surface area (Å²) in [7, 11) is 0. The largest absolute Gasteiger partial charge is 0.391 e. The highest BCUT2D eigenvalue weighted by Gasteiger charge is 2.28. The molecule has 2 N–H and O–H groups in total. The Morgan fingerprint density at radius 3 is 2.54 bits per heavy atom. The van der Waals surface area contributed by atoms with Crippen LogP contribution in [0.25, 0.3) is 0 Å². The number of hydrogen-bond donors (Lipinski definition) is 2. The van der Waals surface area contributed by atoms with E-state index in [0.717, 1.165) is 0 Å². The van der Waals surface area contributed by atoms with Crippen LogP contribution in [0.1, 0.15) is 20.8 Å². The summed E-state index contributed by atoms with van der Waals surface area (Å²) in [6.45, 7) is 7.23. The van der Waals surface area contributed by atoms with Gasteiger partial charge < -0.3 is 10.2 Å². The molecule has 1 saturated heterocycles. The van der Waals surface area contributed by atoms with E-state index in [4.69, 9.17) is 9.94 Å². The third-order valence-electron chi connectivity index (χ3n) is 2.24. The second kappa shape index (κ2) is 3.92. The molecular weight excluding hydrogens is 170 g/mol. The van der Waals surface area contributed by atoms with E-state index in [0.29, 0.717) is 19.7 Å². The van der Waals surface area contributed by atoms with Gasteiger partial charge in [0.25, 0.3) is 0 Å². The van der Waals surface area contributed by atoms with Gasteiger partial charge >= 0.3 is 0 Å². The fourth-order valence-electron chi connectivity index (χ4n) is 1.13. The van der Waals surface area contributed by atoms with E-state index in [9.17, 15) is 5.11 Å². The van der Waals surface area contributed by atoms with Gasteiger partial charge in [0.05, 0.1) is 31.9 Å². The van der Waals surface area contributed by atoms with Crippen molar-refractivity contribution < 1.29 is 15.1 Å². The average molecular weight is 189 g/mol. The number of hydroxylamine groups is 2. The Hall–Kier alpha value is -0.160. The lowest BCUT2D eigenvalue weighted by Crippen LogP contribution is -2.38. The number of hydrogen-bond acceptors (Lipinski definition) is 4. The highest BCUT2D eigenvalue weighted by atomic mass is 16.7. The Kier molecular flexibility index (Phi) is 3.29. The molecule has 0 aromatic carbocycles. The van der Waals surface area contributed by atoms with Crippen LogP contribution >= 0.6 is 0 Å². The van der Waals surface area contributed by atoms with Crippen LogP contribution in [0.15, 0.2) is 0 Å². The van der Waals surface area contributed by atoms with Gasteiger partial charge in [-0.2, -0.15) is 5.06 Å². The standard InChI is InChI=1S/C9H19NO3/c1-9(2,3)8(12)5-10-4-7(11)6-13-10/h7-8,11-12H,4-6H2,1-3H3/t7-,8?/m1/s1. The van der Waals surface area contributed by atoms with E-state index in [-0.39, 0.29) is 5.41 Å². The molecule has 1 fully saturated rings. The first-order valence-electron chi connectivity index (χ1n) is 4.63. The minimum absolute atomic E-state index is 0.142. The number of rotatable bonds is 2. The fourth-order valence-corrected chi connectivity index (χ4v) is 1.13. The van der Waals surface area contributed by atoms with Gasteiger partial charge in [-0.15, -0.1) is 0 Å². The van der Waals surface area contributed by atoms with Gasteiger partial charge in [-0.3, -0.25) is 4.84 Å². The first-order chi connectivity index (χ1) is 5.89. The molecule has 78 valence electrons. The predicted octanol–water partition coefficient (Wildman–Crippen LogP) is 0.00150. The van der Waals surface area contributed by atoms with E-state index < -0.39 is 12.2 Å². The van der Waals surface area contributed by atoms with Gasteiger partial charge in [-0.05, 0) is 5.41 Å². The van der Waals surface area contributed by atoms with Crippen molar-refractivity contribution in [3.05, 3.63) is 0 Å². The lowest BCUT2D eigenvalue weighted by Gasteiger charge is -2.28. The SMILES string of the molecule is CC(C)(C)C(O)CN1C[C@@H](O)CO1. The lowest BCUT2D eigenvalue weighted by molar-refractivity contribution is -0.140. The number of aliphatic hydroxyl groups excluding tert-OH is 2. The zero-order valence-corrected chi connectivity index (χ0v) is 8.53. The molecule has 4 heteroatoms. The van der Waals surface area contributed by atoms with Crippen LogP contribution in [0, 0.1) is 5.41 Å². The van der Waals surface area contributed by atoms with E-state index in [1.807, 2.05) is 20.8 Å². The first kappa shape index (κ1) is 10.9. The summed E-state index contributed by atoms with van der Waals surface area (Å²) in [5.41, 5.74) is -0.142. The van der Waals surface area contributed by atoms with Gasteiger partial charge in [-0.1, -0.05) is 20.8 Å². The molecule has 0 aliphatic carbocycles. The van der Waals surface area contributed by atoms with Crippen molar-refractivity contribution >= 4 is 0 Å². The van der Waals surface area contributed by atoms with Crippen molar-refractivity contribution in [2.75, 3.05) is 19.7 Å². The van der Waals surface area contributed by atoms with Gasteiger partial charge in [0.1, 0.15) is 0 Å². The highest BCUT2D eigenvalue weighted by molar-refractivity contribution is 4.76. The highest BCUT2D eigenvalue weighted by Crippen LogP contribution is 2.20. The van der Waals surface area contributed by atoms with Crippen molar-refractivity contribution in [3.63, 3.8) is 0 Å². The zero-order chi connectivity index (χ0) is 10.1. The summed E-state index contributed by atoms with van der Waals surface area (Å²) in [4.78, 5) is 5.15. The summed E-state index contributed by atoms with van der Waals surface area (Å²) in [6, 6.07) is 0. The third-order valence-corrected chi connectivity index (χ3v) is 2.24. The molecule has 4 nitrogen and oxygen atoms in total. The Morgan fingerprint density at radius 1 is 1.54 bits per heavy atom. The zero-order valence-electron chi connectivity index (χ0n) is 8.53. The Labute approximate surface area is 79.1 Å². The molecule has 1 unspecified atom stereocenters. The molecule has 1 rings (SSSR count). The van der Waals surface area contributed by atoms with Crippen molar-refractivity contribution in [1.82, 2.24) is 5.06 Å². The molecule has 0 bridgehead atoms. The van der Waals surface area contributed by atoms with Crippen LogP contribution in [-0.4, -0.2) is 47.2 Å². The molecule has 0 amide bonds. The molecule has 1 heterocycles. The van der Waals surface area contributed by atoms with Crippen LogP contribution in [0.4, 0.5) is 0 Å². The predicted molar refractivity (Wildman–Crippen MR) is 49.0 cm³/mol. The molecular formula is C9H19NO3. The van der Waals surface area contributed by atoms with Gasteiger partial charge in [0, 0.05) is 0 Å². The minimum atomic E-state index is -0.433. The summed E-state index contributed by atoms with van der Waals surface area (Å²) < 4.78 is 0. The third kappa shape index (κ3) is 3.23. The average Bonchev–Trinajstić information content (AvgIpc) is 2.33. The molecule has 0 aromatic rings. The second-order valence-corrected chi connectivity index (χ2v) is 4.68. The number of nitrogens with zero attached hydrogens (tertiary/aromatic N) is 1. The first-order valence-corrected chi connectivity index (χ1v) is 4.63. The van der Waals surface area contributed by atoms with Crippen LogP contribution in [0.3, 0.4) is 0 Å². The summed E-state index contributed by atoms with van der Waals surface area (Å²) in [5.74, 6) is 0. The summed E-state index contributed by atoms with van der Waals surface area (Å²) >= 11 is 0. The Bertz CT molecular complexity index is 167. The quantitative estimate of drug-likeness (QED) is 0.642. The van der Waals surface area contributed by atoms with E-state index in [1.165, 1.54) is 0 Å². The number of β-amino-alcohol motifs (C(OH)–C–C–N with tert-alkyl or cyclic N) is 2. The maximum atomic E-state index is 9.73. The van der Waals surface area contributed by atoms with Crippen LogP contribution < -0.4 is 0 Å². The molecule has 0 spiro atoms. The Morgan fingerprint density at radius 2 is 2.15 bits per heavy atom. The lowest BCUT2D eigenvalue weighted by atomic mass is 9.89. The monoisotopic (exact) mass is 189 g/mol. The van der Waals surface area contributed by atoms with Crippen molar-refractivity contribution in [1.29, 1.82) is 0 Å². The Balaban J connectivity index is 2.33. The van der Waals surface area contributed by atoms with Crippen molar-refractivity contribution in [2.45, 2.75) is 33.0 Å². The molecule has 1 aliphatic rings. The van der Waals surface area contributed by atoms with Crippen LogP contribution in [-0.2, 0) is 4.84 Å². The van der Waals surface area contributed by atoms with Gasteiger partial charge in [-0.25, -0.2) is 0 Å². The van der Waals surface area contributed by atoms with Gasteiger partial charge in [0.2, 0.25) is 0 Å². The molecule has 0 aromatic heterocycles. The summed E-state index contributed by atoms with van der Waals surface area (Å²) in [5, 5.41) is 20.5. The molecule has 2 atom stereocenters. The normalized spacial score (nSPS) is 27.9. The van der Waals surface area contributed by atoms with E-state index in [2.05, 4.69) is 0 Å². The van der Waals surface area contributed by atoms with E-state index in [1.54, 1.807) is 5.06 Å². The van der Waals surface area contributed by atoms with Crippen molar-refractivity contribution in [3.8, 4) is 0 Å². The fraction of sp³-hybridized carbons (Fsp3) is 1.00. The molecule has 1 aliphatic heterocycles. The van der Waals surface area contributed by atoms with E-state index >= 15 is 0 Å². The molecule has 13 heavy (non-hydrogen) atoms.